The molecule has 2 aliphatic rings. The van der Waals surface area contributed by atoms with Crippen molar-refractivity contribution in [1.82, 2.24) is 19.2 Å². The van der Waals surface area contributed by atoms with Crippen LogP contribution in [0.2, 0.25) is 5.02 Å². The topological polar surface area (TPSA) is 35.8 Å². The molecule has 0 spiro atoms. The van der Waals surface area contributed by atoms with E-state index in [1.807, 2.05) is 22.7 Å². The molecule has 1 N–H and O–H groups in total. The molecule has 5 rings (SSSR count). The van der Waals surface area contributed by atoms with E-state index in [2.05, 4.69) is 39.5 Å². The Morgan fingerprint density at radius 2 is 1.75 bits per heavy atom. The third-order valence-electron chi connectivity index (χ3n) is 5.64. The van der Waals surface area contributed by atoms with Crippen molar-refractivity contribution in [3.63, 3.8) is 0 Å². The van der Waals surface area contributed by atoms with Gasteiger partial charge in [-0.25, -0.2) is 4.98 Å². The van der Waals surface area contributed by atoms with E-state index in [9.17, 15) is 0 Å². The summed E-state index contributed by atoms with van der Waals surface area (Å²) in [5.41, 5.74) is 6.35. The number of para-hydroxylation sites is 1. The molecule has 0 saturated carbocycles. The number of anilines is 1. The highest BCUT2D eigenvalue weighted by Gasteiger charge is 2.20. The number of pyridine rings is 1. The molecule has 1 saturated heterocycles. The predicted molar refractivity (Wildman–Crippen MR) is 117 cm³/mol. The van der Waals surface area contributed by atoms with Gasteiger partial charge in [-0.3, -0.25) is 9.80 Å². The molecular formula is C21H25Cl2N5. The fourth-order valence-corrected chi connectivity index (χ4v) is 4.38. The first-order chi connectivity index (χ1) is 13.2. The van der Waals surface area contributed by atoms with Gasteiger partial charge in [-0.1, -0.05) is 29.8 Å². The predicted octanol–water partition coefficient (Wildman–Crippen LogP) is 3.70. The molecule has 7 heteroatoms. The van der Waals surface area contributed by atoms with Crippen LogP contribution in [0.15, 0.2) is 42.7 Å². The van der Waals surface area contributed by atoms with Gasteiger partial charge in [-0.05, 0) is 29.7 Å². The van der Waals surface area contributed by atoms with Crippen LogP contribution in [0.25, 0.3) is 5.65 Å². The molecule has 0 amide bonds. The van der Waals surface area contributed by atoms with E-state index in [1.54, 1.807) is 0 Å². The Morgan fingerprint density at radius 3 is 2.57 bits per heavy atom. The van der Waals surface area contributed by atoms with Crippen molar-refractivity contribution in [1.29, 1.82) is 0 Å². The number of aromatic nitrogens is 2. The van der Waals surface area contributed by atoms with Crippen LogP contribution in [0.3, 0.4) is 0 Å². The lowest BCUT2D eigenvalue weighted by atomic mass is 10.1. The molecule has 5 nitrogen and oxygen atoms in total. The summed E-state index contributed by atoms with van der Waals surface area (Å²) in [7, 11) is 0. The highest BCUT2D eigenvalue weighted by atomic mass is 35.5. The number of hydrogen-bond donors (Lipinski definition) is 1. The van der Waals surface area contributed by atoms with E-state index in [0.29, 0.717) is 0 Å². The van der Waals surface area contributed by atoms with Crippen molar-refractivity contribution < 1.29 is 0 Å². The summed E-state index contributed by atoms with van der Waals surface area (Å²) in [5, 5.41) is 4.30. The van der Waals surface area contributed by atoms with E-state index >= 15 is 0 Å². The van der Waals surface area contributed by atoms with Crippen LogP contribution in [0.1, 0.15) is 16.8 Å². The fourth-order valence-electron chi connectivity index (χ4n) is 4.21. The quantitative estimate of drug-likeness (QED) is 0.701. The molecule has 28 heavy (non-hydrogen) atoms. The first-order valence-corrected chi connectivity index (χ1v) is 10.0. The molecule has 0 aliphatic carbocycles. The summed E-state index contributed by atoms with van der Waals surface area (Å²) >= 11 is 6.07. The Bertz CT molecular complexity index is 963. The van der Waals surface area contributed by atoms with Crippen LogP contribution < -0.4 is 5.32 Å². The maximum atomic E-state index is 6.07. The summed E-state index contributed by atoms with van der Waals surface area (Å²) in [6, 6.07) is 10.6. The standard InChI is InChI=1S/C21H24ClN5.ClH/c22-18-4-5-20-24-19(15-27(20)13-18)14-26-10-8-25(9-11-26)12-17-3-1-2-16-6-7-23-21(16)17;/h1-5,13,15,23H,6-12,14H2;1H. The Kier molecular flexibility index (Phi) is 5.78. The SMILES string of the molecule is Cl.Clc1ccc2nc(CN3CCN(Cc4cccc5c4NCC5)CC3)cn2c1. The second kappa shape index (κ2) is 8.29. The Balaban J connectivity index is 0.00000192. The molecule has 1 aromatic carbocycles. The average Bonchev–Trinajstić information content (AvgIpc) is 3.30. The Morgan fingerprint density at radius 1 is 0.964 bits per heavy atom. The van der Waals surface area contributed by atoms with Crippen molar-refractivity contribution in [2.24, 2.45) is 0 Å². The van der Waals surface area contributed by atoms with Gasteiger partial charge in [0.25, 0.3) is 0 Å². The van der Waals surface area contributed by atoms with Crippen molar-refractivity contribution in [3.8, 4) is 0 Å². The second-order valence-electron chi connectivity index (χ2n) is 7.53. The fraction of sp³-hybridized carbons (Fsp3) is 0.381. The van der Waals surface area contributed by atoms with Crippen molar-refractivity contribution in [3.05, 3.63) is 64.6 Å². The summed E-state index contributed by atoms with van der Waals surface area (Å²) < 4.78 is 2.01. The lowest BCUT2D eigenvalue weighted by Gasteiger charge is -2.34. The molecule has 0 atom stereocenters. The molecule has 2 aliphatic heterocycles. The lowest BCUT2D eigenvalue weighted by Crippen LogP contribution is -2.45. The molecule has 0 bridgehead atoms. The van der Waals surface area contributed by atoms with E-state index in [-0.39, 0.29) is 12.4 Å². The summed E-state index contributed by atoms with van der Waals surface area (Å²) in [5.74, 6) is 0. The van der Waals surface area contributed by atoms with Gasteiger partial charge in [0, 0.05) is 63.9 Å². The first-order valence-electron chi connectivity index (χ1n) is 9.67. The number of nitrogens with zero attached hydrogens (tertiary/aromatic N) is 4. The molecule has 1 fully saturated rings. The van der Waals surface area contributed by atoms with Gasteiger partial charge in [0.2, 0.25) is 0 Å². The van der Waals surface area contributed by atoms with Gasteiger partial charge in [0.05, 0.1) is 10.7 Å². The zero-order valence-electron chi connectivity index (χ0n) is 15.8. The first kappa shape index (κ1) is 19.5. The van der Waals surface area contributed by atoms with E-state index in [1.165, 1.54) is 16.8 Å². The number of hydrogen-bond acceptors (Lipinski definition) is 4. The summed E-state index contributed by atoms with van der Waals surface area (Å²) in [6.07, 6.45) is 5.16. The van der Waals surface area contributed by atoms with Gasteiger partial charge < -0.3 is 9.72 Å². The zero-order valence-corrected chi connectivity index (χ0v) is 17.3. The lowest BCUT2D eigenvalue weighted by molar-refractivity contribution is 0.121. The van der Waals surface area contributed by atoms with Gasteiger partial charge >= 0.3 is 0 Å². The smallest absolute Gasteiger partial charge is 0.137 e. The van der Waals surface area contributed by atoms with Crippen molar-refractivity contribution in [2.75, 3.05) is 38.0 Å². The largest absolute Gasteiger partial charge is 0.384 e. The number of benzene rings is 1. The summed E-state index contributed by atoms with van der Waals surface area (Å²) in [4.78, 5) is 9.77. The number of rotatable bonds is 4. The van der Waals surface area contributed by atoms with E-state index in [0.717, 1.165) is 68.6 Å². The minimum absolute atomic E-state index is 0. The number of fused-ring (bicyclic) bond motifs is 2. The van der Waals surface area contributed by atoms with Crippen LogP contribution in [0.4, 0.5) is 5.69 Å². The number of nitrogens with one attached hydrogen (secondary N) is 1. The molecule has 4 heterocycles. The van der Waals surface area contributed by atoms with Crippen LogP contribution >= 0.6 is 24.0 Å². The normalized spacial score (nSPS) is 17.3. The average molecular weight is 418 g/mol. The Labute approximate surface area is 176 Å². The molecule has 148 valence electrons. The van der Waals surface area contributed by atoms with Crippen molar-refractivity contribution in [2.45, 2.75) is 19.5 Å². The van der Waals surface area contributed by atoms with Crippen LogP contribution in [0.5, 0.6) is 0 Å². The molecule has 3 aromatic rings. The molecule has 0 unspecified atom stereocenters. The van der Waals surface area contributed by atoms with E-state index in [4.69, 9.17) is 16.6 Å². The summed E-state index contributed by atoms with van der Waals surface area (Å²) in [6.45, 7) is 7.37. The van der Waals surface area contributed by atoms with Crippen LogP contribution in [0, 0.1) is 0 Å². The third-order valence-corrected chi connectivity index (χ3v) is 5.87. The molecular weight excluding hydrogens is 393 g/mol. The zero-order chi connectivity index (χ0) is 18.2. The van der Waals surface area contributed by atoms with Crippen LogP contribution in [-0.2, 0) is 19.5 Å². The number of piperazine rings is 1. The van der Waals surface area contributed by atoms with Gasteiger partial charge in [-0.15, -0.1) is 12.4 Å². The third kappa shape index (κ3) is 3.98. The number of halogens is 2. The van der Waals surface area contributed by atoms with E-state index < -0.39 is 0 Å². The maximum Gasteiger partial charge on any atom is 0.137 e. The molecule has 2 aromatic heterocycles. The second-order valence-corrected chi connectivity index (χ2v) is 7.96. The van der Waals surface area contributed by atoms with Gasteiger partial charge in [-0.2, -0.15) is 0 Å². The Hall–Kier alpha value is -1.79. The highest BCUT2D eigenvalue weighted by molar-refractivity contribution is 6.30. The van der Waals surface area contributed by atoms with Gasteiger partial charge in [0.15, 0.2) is 0 Å². The maximum absolute atomic E-state index is 6.07. The van der Waals surface area contributed by atoms with Crippen molar-refractivity contribution >= 4 is 35.3 Å². The minimum Gasteiger partial charge on any atom is -0.384 e. The highest BCUT2D eigenvalue weighted by Crippen LogP contribution is 2.27. The minimum atomic E-state index is 0. The number of imidazole rings is 1. The molecule has 0 radical (unpaired) electrons. The van der Waals surface area contributed by atoms with Gasteiger partial charge in [0.1, 0.15) is 5.65 Å². The monoisotopic (exact) mass is 417 g/mol. The van der Waals surface area contributed by atoms with Crippen LogP contribution in [-0.4, -0.2) is 51.9 Å².